The molecule has 1 fully saturated rings. The van der Waals surface area contributed by atoms with Crippen LogP contribution in [0, 0.1) is 5.92 Å². The van der Waals surface area contributed by atoms with Crippen LogP contribution >= 0.6 is 0 Å². The number of rotatable bonds is 3. The number of carbonyl (C=O) groups excluding carboxylic acids is 1. The highest BCUT2D eigenvalue weighted by atomic mass is 16.2. The molecule has 0 unspecified atom stereocenters. The zero-order valence-electron chi connectivity index (χ0n) is 10.9. The molecule has 1 amide bonds. The average molecular weight is 226 g/mol. The second kappa shape index (κ2) is 6.24. The SMILES string of the molecule is CC(C)[C@H](N)C(=O)N(C)C1CCCCCC1. The van der Waals surface area contributed by atoms with Crippen LogP contribution in [0.25, 0.3) is 0 Å². The first-order valence-electron chi connectivity index (χ1n) is 6.56. The molecule has 0 heterocycles. The van der Waals surface area contributed by atoms with Gasteiger partial charge in [-0.25, -0.2) is 0 Å². The van der Waals surface area contributed by atoms with Crippen LogP contribution in [0.3, 0.4) is 0 Å². The summed E-state index contributed by atoms with van der Waals surface area (Å²) in [5.74, 6) is 0.336. The van der Waals surface area contributed by atoms with E-state index in [1.165, 1.54) is 25.7 Å². The van der Waals surface area contributed by atoms with E-state index in [9.17, 15) is 4.79 Å². The van der Waals surface area contributed by atoms with Crippen LogP contribution in [0.2, 0.25) is 0 Å². The highest BCUT2D eigenvalue weighted by molar-refractivity contribution is 5.81. The first-order valence-corrected chi connectivity index (χ1v) is 6.56. The van der Waals surface area contributed by atoms with E-state index in [0.717, 1.165) is 12.8 Å². The monoisotopic (exact) mass is 226 g/mol. The zero-order chi connectivity index (χ0) is 12.1. The van der Waals surface area contributed by atoms with Crippen molar-refractivity contribution in [2.45, 2.75) is 64.5 Å². The Morgan fingerprint density at radius 2 is 1.69 bits per heavy atom. The van der Waals surface area contributed by atoms with E-state index in [1.54, 1.807) is 0 Å². The molecule has 0 saturated heterocycles. The van der Waals surface area contributed by atoms with Gasteiger partial charge in [-0.05, 0) is 18.8 Å². The number of hydrogen-bond donors (Lipinski definition) is 1. The summed E-state index contributed by atoms with van der Waals surface area (Å²) < 4.78 is 0. The topological polar surface area (TPSA) is 46.3 Å². The summed E-state index contributed by atoms with van der Waals surface area (Å²) in [4.78, 5) is 14.0. The lowest BCUT2D eigenvalue weighted by atomic mass is 10.0. The van der Waals surface area contributed by atoms with Crippen LogP contribution < -0.4 is 5.73 Å². The molecule has 1 atom stereocenters. The summed E-state index contributed by atoms with van der Waals surface area (Å²) in [7, 11) is 1.92. The van der Waals surface area contributed by atoms with Crippen LogP contribution in [0.1, 0.15) is 52.4 Å². The summed E-state index contributed by atoms with van der Waals surface area (Å²) in [5.41, 5.74) is 5.92. The molecule has 0 aromatic heterocycles. The van der Waals surface area contributed by atoms with Gasteiger partial charge in [-0.2, -0.15) is 0 Å². The van der Waals surface area contributed by atoms with E-state index < -0.39 is 0 Å². The van der Waals surface area contributed by atoms with Gasteiger partial charge in [-0.1, -0.05) is 39.5 Å². The fourth-order valence-corrected chi connectivity index (χ4v) is 2.35. The van der Waals surface area contributed by atoms with Crippen molar-refractivity contribution >= 4 is 5.91 Å². The number of hydrogen-bond acceptors (Lipinski definition) is 2. The van der Waals surface area contributed by atoms with Crippen molar-refractivity contribution in [3.8, 4) is 0 Å². The third-order valence-corrected chi connectivity index (χ3v) is 3.72. The van der Waals surface area contributed by atoms with Crippen molar-refractivity contribution in [3.63, 3.8) is 0 Å². The molecule has 0 aromatic carbocycles. The lowest BCUT2D eigenvalue weighted by Crippen LogP contribution is -2.48. The summed E-state index contributed by atoms with van der Waals surface area (Å²) in [6.45, 7) is 4.01. The lowest BCUT2D eigenvalue weighted by molar-refractivity contribution is -0.134. The minimum atomic E-state index is -0.340. The van der Waals surface area contributed by atoms with Crippen molar-refractivity contribution < 1.29 is 4.79 Å². The highest BCUT2D eigenvalue weighted by Crippen LogP contribution is 2.21. The minimum Gasteiger partial charge on any atom is -0.341 e. The number of nitrogens with two attached hydrogens (primary N) is 1. The Labute approximate surface area is 99.4 Å². The molecule has 1 rings (SSSR count). The molecule has 1 saturated carbocycles. The van der Waals surface area contributed by atoms with E-state index in [4.69, 9.17) is 5.73 Å². The smallest absolute Gasteiger partial charge is 0.239 e. The maximum atomic E-state index is 12.1. The van der Waals surface area contributed by atoms with Gasteiger partial charge < -0.3 is 10.6 Å². The number of amides is 1. The molecule has 1 aliphatic rings. The largest absolute Gasteiger partial charge is 0.341 e. The molecule has 94 valence electrons. The van der Waals surface area contributed by atoms with Crippen molar-refractivity contribution in [2.75, 3.05) is 7.05 Å². The van der Waals surface area contributed by atoms with E-state index in [2.05, 4.69) is 0 Å². The predicted octanol–water partition coefficient (Wildman–Crippen LogP) is 2.15. The Hall–Kier alpha value is -0.570. The minimum absolute atomic E-state index is 0.113. The maximum Gasteiger partial charge on any atom is 0.239 e. The third-order valence-electron chi connectivity index (χ3n) is 3.72. The van der Waals surface area contributed by atoms with Gasteiger partial charge in [0.1, 0.15) is 0 Å². The van der Waals surface area contributed by atoms with Gasteiger partial charge in [0.2, 0.25) is 5.91 Å². The van der Waals surface area contributed by atoms with Crippen LogP contribution in [0.15, 0.2) is 0 Å². The number of likely N-dealkylation sites (N-methyl/N-ethyl adjacent to an activating group) is 1. The second-order valence-corrected chi connectivity index (χ2v) is 5.36. The van der Waals surface area contributed by atoms with Crippen molar-refractivity contribution in [3.05, 3.63) is 0 Å². The zero-order valence-corrected chi connectivity index (χ0v) is 10.9. The Balaban J connectivity index is 2.54. The van der Waals surface area contributed by atoms with Gasteiger partial charge in [0.15, 0.2) is 0 Å². The van der Waals surface area contributed by atoms with E-state index in [-0.39, 0.29) is 17.9 Å². The van der Waals surface area contributed by atoms with Crippen LogP contribution in [-0.2, 0) is 4.79 Å². The summed E-state index contributed by atoms with van der Waals surface area (Å²) in [6, 6.07) is 0.0769. The van der Waals surface area contributed by atoms with Crippen LogP contribution in [-0.4, -0.2) is 29.9 Å². The standard InChI is InChI=1S/C13H26N2O/c1-10(2)12(14)13(16)15(3)11-8-6-4-5-7-9-11/h10-12H,4-9,14H2,1-3H3/t12-/m0/s1. The van der Waals surface area contributed by atoms with Crippen molar-refractivity contribution in [1.29, 1.82) is 0 Å². The van der Waals surface area contributed by atoms with E-state index in [0.29, 0.717) is 6.04 Å². The number of nitrogens with zero attached hydrogens (tertiary/aromatic N) is 1. The first-order chi connectivity index (χ1) is 7.54. The normalized spacial score (nSPS) is 20.6. The Morgan fingerprint density at radius 1 is 1.19 bits per heavy atom. The van der Waals surface area contributed by atoms with Gasteiger partial charge in [-0.3, -0.25) is 4.79 Å². The molecule has 0 bridgehead atoms. The molecular weight excluding hydrogens is 200 g/mol. The Kier molecular flexibility index (Phi) is 5.26. The molecule has 2 N–H and O–H groups in total. The van der Waals surface area contributed by atoms with Crippen molar-refractivity contribution in [1.82, 2.24) is 4.90 Å². The van der Waals surface area contributed by atoms with Gasteiger partial charge in [0.05, 0.1) is 6.04 Å². The Bertz CT molecular complexity index is 220. The average Bonchev–Trinajstić information content (AvgIpc) is 2.54. The molecule has 0 aromatic rings. The maximum absolute atomic E-state index is 12.1. The van der Waals surface area contributed by atoms with Gasteiger partial charge in [0.25, 0.3) is 0 Å². The predicted molar refractivity (Wildman–Crippen MR) is 67.1 cm³/mol. The molecule has 0 aliphatic heterocycles. The van der Waals surface area contributed by atoms with E-state index in [1.807, 2.05) is 25.8 Å². The molecule has 16 heavy (non-hydrogen) atoms. The molecule has 0 radical (unpaired) electrons. The lowest BCUT2D eigenvalue weighted by Gasteiger charge is -2.30. The van der Waals surface area contributed by atoms with Crippen molar-refractivity contribution in [2.24, 2.45) is 11.7 Å². The molecule has 1 aliphatic carbocycles. The molecule has 0 spiro atoms. The molecule has 3 nitrogen and oxygen atoms in total. The molecular formula is C13H26N2O. The van der Waals surface area contributed by atoms with Gasteiger partial charge in [-0.15, -0.1) is 0 Å². The van der Waals surface area contributed by atoms with Gasteiger partial charge >= 0.3 is 0 Å². The summed E-state index contributed by atoms with van der Waals surface area (Å²) >= 11 is 0. The van der Waals surface area contributed by atoms with Crippen LogP contribution in [0.4, 0.5) is 0 Å². The van der Waals surface area contributed by atoms with Gasteiger partial charge in [0, 0.05) is 13.1 Å². The van der Waals surface area contributed by atoms with Crippen LogP contribution in [0.5, 0.6) is 0 Å². The summed E-state index contributed by atoms with van der Waals surface area (Å²) in [5, 5.41) is 0. The fourth-order valence-electron chi connectivity index (χ4n) is 2.35. The third kappa shape index (κ3) is 3.48. The Morgan fingerprint density at radius 3 is 2.12 bits per heavy atom. The fraction of sp³-hybridized carbons (Fsp3) is 0.923. The second-order valence-electron chi connectivity index (χ2n) is 5.36. The highest BCUT2D eigenvalue weighted by Gasteiger charge is 2.26. The molecule has 3 heteroatoms. The first kappa shape index (κ1) is 13.5. The van der Waals surface area contributed by atoms with E-state index >= 15 is 0 Å². The quantitative estimate of drug-likeness (QED) is 0.750. The summed E-state index contributed by atoms with van der Waals surface area (Å²) in [6.07, 6.45) is 7.42. The number of carbonyl (C=O) groups is 1.